The summed E-state index contributed by atoms with van der Waals surface area (Å²) in [5.41, 5.74) is 0.819. The minimum absolute atomic E-state index is 0.103. The summed E-state index contributed by atoms with van der Waals surface area (Å²) < 4.78 is 5.40. The summed E-state index contributed by atoms with van der Waals surface area (Å²) >= 11 is 0. The third-order valence-electron chi connectivity index (χ3n) is 3.44. The molecular weight excluding hydrogens is 246 g/mol. The van der Waals surface area contributed by atoms with Gasteiger partial charge in [-0.15, -0.1) is 0 Å². The van der Waals surface area contributed by atoms with E-state index in [0.29, 0.717) is 31.4 Å². The second-order valence-electron chi connectivity index (χ2n) is 4.75. The number of aliphatic carboxylic acids is 1. The molecular formula is C13H19N3O3. The largest absolute Gasteiger partial charge is 0.481 e. The molecule has 0 aromatic carbocycles. The van der Waals surface area contributed by atoms with Crippen LogP contribution in [0.1, 0.15) is 26.0 Å². The monoisotopic (exact) mass is 265 g/mol. The molecule has 1 aromatic heterocycles. The molecule has 1 N–H and O–H groups in total. The van der Waals surface area contributed by atoms with Crippen molar-refractivity contribution in [1.29, 1.82) is 0 Å². The normalized spacial score (nSPS) is 22.6. The number of carbonyl (C=O) groups is 1. The molecule has 6 heteroatoms. The van der Waals surface area contributed by atoms with Crippen molar-refractivity contribution in [1.82, 2.24) is 9.97 Å². The smallest absolute Gasteiger partial charge is 0.308 e. The van der Waals surface area contributed by atoms with E-state index in [0.717, 1.165) is 5.69 Å². The number of anilines is 1. The van der Waals surface area contributed by atoms with Crippen molar-refractivity contribution in [2.75, 3.05) is 18.1 Å². The first-order valence-corrected chi connectivity index (χ1v) is 6.51. The molecule has 2 heterocycles. The van der Waals surface area contributed by atoms with Gasteiger partial charge in [-0.05, 0) is 27.2 Å². The predicted molar refractivity (Wildman–Crippen MR) is 70.5 cm³/mol. The van der Waals surface area contributed by atoms with Gasteiger partial charge in [-0.2, -0.15) is 4.98 Å². The molecule has 0 radical (unpaired) electrons. The van der Waals surface area contributed by atoms with Crippen LogP contribution in [0.15, 0.2) is 6.07 Å². The Bertz CT molecular complexity index is 478. The van der Waals surface area contributed by atoms with E-state index in [9.17, 15) is 4.79 Å². The summed E-state index contributed by atoms with van der Waals surface area (Å²) in [5.74, 6) is -0.0250. The van der Waals surface area contributed by atoms with Gasteiger partial charge in [0.15, 0.2) is 0 Å². The van der Waals surface area contributed by atoms with Crippen molar-refractivity contribution >= 4 is 11.9 Å². The third-order valence-corrected chi connectivity index (χ3v) is 3.44. The van der Waals surface area contributed by atoms with E-state index in [2.05, 4.69) is 9.97 Å². The van der Waals surface area contributed by atoms with Gasteiger partial charge in [0.2, 0.25) is 11.8 Å². The van der Waals surface area contributed by atoms with Crippen LogP contribution in [0.3, 0.4) is 0 Å². The summed E-state index contributed by atoms with van der Waals surface area (Å²) in [6.07, 6.45) is 0.623. The molecule has 104 valence electrons. The molecule has 1 fully saturated rings. The van der Waals surface area contributed by atoms with Crippen molar-refractivity contribution in [2.24, 2.45) is 5.92 Å². The lowest BCUT2D eigenvalue weighted by Gasteiger charge is -2.23. The zero-order valence-electron chi connectivity index (χ0n) is 11.5. The number of hydrogen-bond acceptors (Lipinski definition) is 5. The van der Waals surface area contributed by atoms with Crippen LogP contribution < -0.4 is 9.64 Å². The number of aryl methyl sites for hydroxylation is 1. The summed E-state index contributed by atoms with van der Waals surface area (Å²) in [6.45, 7) is 6.88. The van der Waals surface area contributed by atoms with Crippen LogP contribution in [0.2, 0.25) is 0 Å². The van der Waals surface area contributed by atoms with E-state index in [-0.39, 0.29) is 12.0 Å². The number of nitrogens with zero attached hydrogens (tertiary/aromatic N) is 3. The van der Waals surface area contributed by atoms with E-state index >= 15 is 0 Å². The number of carboxylic acids is 1. The highest BCUT2D eigenvalue weighted by Gasteiger charge is 2.37. The molecule has 0 aliphatic carbocycles. The van der Waals surface area contributed by atoms with E-state index in [1.54, 1.807) is 6.07 Å². The molecule has 0 spiro atoms. The molecule has 6 nitrogen and oxygen atoms in total. The van der Waals surface area contributed by atoms with Crippen molar-refractivity contribution in [2.45, 2.75) is 33.2 Å². The van der Waals surface area contributed by atoms with E-state index < -0.39 is 5.97 Å². The standard InChI is InChI=1S/C13H19N3O3/c1-4-19-11-7-8(2)14-13(15-11)16-6-5-10(9(16)3)12(17)18/h7,9-10H,4-6H2,1-3H3,(H,17,18). The number of hydrogen-bond donors (Lipinski definition) is 1. The van der Waals surface area contributed by atoms with Crippen molar-refractivity contribution in [3.8, 4) is 5.88 Å². The van der Waals surface area contributed by atoms with Gasteiger partial charge in [-0.3, -0.25) is 4.79 Å². The summed E-state index contributed by atoms with van der Waals surface area (Å²) in [4.78, 5) is 21.8. The first-order valence-electron chi connectivity index (χ1n) is 6.51. The summed E-state index contributed by atoms with van der Waals surface area (Å²) in [5, 5.41) is 9.15. The molecule has 0 saturated carbocycles. The second kappa shape index (κ2) is 5.42. The quantitative estimate of drug-likeness (QED) is 0.888. The van der Waals surface area contributed by atoms with Gasteiger partial charge in [0.25, 0.3) is 0 Å². The van der Waals surface area contributed by atoms with Crippen molar-refractivity contribution in [3.05, 3.63) is 11.8 Å². The minimum Gasteiger partial charge on any atom is -0.481 e. The Labute approximate surface area is 112 Å². The van der Waals surface area contributed by atoms with Gasteiger partial charge in [0, 0.05) is 24.3 Å². The maximum atomic E-state index is 11.1. The molecule has 19 heavy (non-hydrogen) atoms. The van der Waals surface area contributed by atoms with Crippen LogP contribution in [0.4, 0.5) is 5.95 Å². The Morgan fingerprint density at radius 2 is 2.32 bits per heavy atom. The first-order chi connectivity index (χ1) is 9.02. The Morgan fingerprint density at radius 3 is 2.89 bits per heavy atom. The molecule has 1 aliphatic heterocycles. The average Bonchev–Trinajstić information content (AvgIpc) is 2.70. The Balaban J connectivity index is 2.25. The highest BCUT2D eigenvalue weighted by atomic mass is 16.5. The Kier molecular flexibility index (Phi) is 3.87. The number of aromatic nitrogens is 2. The van der Waals surface area contributed by atoms with Crippen LogP contribution in [-0.2, 0) is 4.79 Å². The fourth-order valence-electron chi connectivity index (χ4n) is 2.43. The van der Waals surface area contributed by atoms with Gasteiger partial charge in [0.1, 0.15) is 0 Å². The lowest BCUT2D eigenvalue weighted by atomic mass is 10.0. The topological polar surface area (TPSA) is 75.5 Å². The Morgan fingerprint density at radius 1 is 1.58 bits per heavy atom. The van der Waals surface area contributed by atoms with Gasteiger partial charge in [-0.25, -0.2) is 4.98 Å². The first kappa shape index (κ1) is 13.6. The Hall–Kier alpha value is -1.85. The van der Waals surface area contributed by atoms with Gasteiger partial charge in [-0.1, -0.05) is 0 Å². The molecule has 0 amide bonds. The number of carboxylic acid groups (broad SMARTS) is 1. The molecule has 0 bridgehead atoms. The average molecular weight is 265 g/mol. The number of rotatable bonds is 4. The fourth-order valence-corrected chi connectivity index (χ4v) is 2.43. The SMILES string of the molecule is CCOc1cc(C)nc(N2CCC(C(=O)O)C2C)n1. The van der Waals surface area contributed by atoms with Crippen LogP contribution in [-0.4, -0.2) is 40.2 Å². The summed E-state index contributed by atoms with van der Waals surface area (Å²) in [6, 6.07) is 1.68. The van der Waals surface area contributed by atoms with Crippen molar-refractivity contribution in [3.63, 3.8) is 0 Å². The van der Waals surface area contributed by atoms with E-state index in [1.807, 2.05) is 25.7 Å². The van der Waals surface area contributed by atoms with Crippen LogP contribution >= 0.6 is 0 Å². The van der Waals surface area contributed by atoms with Gasteiger partial charge in [0.05, 0.1) is 12.5 Å². The minimum atomic E-state index is -0.757. The summed E-state index contributed by atoms with van der Waals surface area (Å²) in [7, 11) is 0. The second-order valence-corrected chi connectivity index (χ2v) is 4.75. The van der Waals surface area contributed by atoms with E-state index in [1.165, 1.54) is 0 Å². The molecule has 1 saturated heterocycles. The third kappa shape index (κ3) is 2.77. The van der Waals surface area contributed by atoms with Gasteiger partial charge < -0.3 is 14.7 Å². The zero-order chi connectivity index (χ0) is 14.0. The number of ether oxygens (including phenoxy) is 1. The maximum absolute atomic E-state index is 11.1. The zero-order valence-corrected chi connectivity index (χ0v) is 11.5. The molecule has 1 aromatic rings. The van der Waals surface area contributed by atoms with Crippen LogP contribution in [0.5, 0.6) is 5.88 Å². The highest BCUT2D eigenvalue weighted by molar-refractivity contribution is 5.72. The fraction of sp³-hybridized carbons (Fsp3) is 0.615. The lowest BCUT2D eigenvalue weighted by molar-refractivity contribution is -0.141. The van der Waals surface area contributed by atoms with Crippen LogP contribution in [0, 0.1) is 12.8 Å². The maximum Gasteiger partial charge on any atom is 0.308 e. The molecule has 2 rings (SSSR count). The highest BCUT2D eigenvalue weighted by Crippen LogP contribution is 2.28. The van der Waals surface area contributed by atoms with Gasteiger partial charge >= 0.3 is 5.97 Å². The molecule has 2 unspecified atom stereocenters. The lowest BCUT2D eigenvalue weighted by Crippen LogP contribution is -2.34. The predicted octanol–water partition coefficient (Wildman–Crippen LogP) is 1.48. The van der Waals surface area contributed by atoms with Crippen molar-refractivity contribution < 1.29 is 14.6 Å². The molecule has 1 aliphatic rings. The molecule has 2 atom stereocenters. The van der Waals surface area contributed by atoms with E-state index in [4.69, 9.17) is 9.84 Å². The van der Waals surface area contributed by atoms with Crippen LogP contribution in [0.25, 0.3) is 0 Å².